The van der Waals surface area contributed by atoms with Gasteiger partial charge in [-0.05, 0) is 24.6 Å². The molecule has 5 heteroatoms. The molecule has 0 bridgehead atoms. The minimum atomic E-state index is 0.397. The summed E-state index contributed by atoms with van der Waals surface area (Å²) in [5, 5.41) is 3.31. The second-order valence-electron chi connectivity index (χ2n) is 4.46. The Balaban J connectivity index is 1.59. The van der Waals surface area contributed by atoms with Crippen LogP contribution < -0.4 is 10.2 Å². The first-order valence-electron chi connectivity index (χ1n) is 6.03. The molecule has 0 spiro atoms. The Morgan fingerprint density at radius 3 is 2.56 bits per heavy atom. The Morgan fingerprint density at radius 1 is 1.11 bits per heavy atom. The number of aromatic nitrogens is 3. The first-order chi connectivity index (χ1) is 8.83. The number of rotatable bonds is 3. The van der Waals surface area contributed by atoms with E-state index in [0.29, 0.717) is 12.0 Å². The van der Waals surface area contributed by atoms with Crippen LogP contribution in [0.1, 0.15) is 5.56 Å². The summed E-state index contributed by atoms with van der Waals surface area (Å²) in [7, 11) is 0. The van der Waals surface area contributed by atoms with Crippen LogP contribution in [-0.4, -0.2) is 34.1 Å². The van der Waals surface area contributed by atoms with Gasteiger partial charge in [-0.15, -0.1) is 0 Å². The van der Waals surface area contributed by atoms with Crippen molar-refractivity contribution in [3.63, 3.8) is 0 Å². The molecule has 92 valence electrons. The standard InChI is InChI=1S/C13H15N5/c1-10-4-2-5-14-12(10)18-8-11(9-18)17-13-15-6-3-7-16-13/h2-7,11H,8-9H2,1H3,(H,15,16,17). The van der Waals surface area contributed by atoms with Gasteiger partial charge in [0.15, 0.2) is 0 Å². The van der Waals surface area contributed by atoms with Crippen LogP contribution in [0.25, 0.3) is 0 Å². The molecule has 1 fully saturated rings. The second kappa shape index (κ2) is 4.60. The van der Waals surface area contributed by atoms with Crippen molar-refractivity contribution in [2.24, 2.45) is 0 Å². The Bertz CT molecular complexity index is 522. The summed E-state index contributed by atoms with van der Waals surface area (Å²) in [6.07, 6.45) is 5.33. The van der Waals surface area contributed by atoms with E-state index in [9.17, 15) is 0 Å². The monoisotopic (exact) mass is 241 g/mol. The molecule has 0 aliphatic carbocycles. The van der Waals surface area contributed by atoms with E-state index in [-0.39, 0.29) is 0 Å². The molecule has 0 unspecified atom stereocenters. The zero-order valence-electron chi connectivity index (χ0n) is 10.2. The maximum absolute atomic E-state index is 4.41. The van der Waals surface area contributed by atoms with E-state index in [1.165, 1.54) is 5.56 Å². The predicted molar refractivity (Wildman–Crippen MR) is 70.6 cm³/mol. The van der Waals surface area contributed by atoms with Gasteiger partial charge >= 0.3 is 0 Å². The Kier molecular flexibility index (Phi) is 2.80. The lowest BCUT2D eigenvalue weighted by molar-refractivity contribution is 0.540. The highest BCUT2D eigenvalue weighted by Gasteiger charge is 2.28. The van der Waals surface area contributed by atoms with Crippen LogP contribution in [0.5, 0.6) is 0 Å². The van der Waals surface area contributed by atoms with Gasteiger partial charge < -0.3 is 10.2 Å². The van der Waals surface area contributed by atoms with Gasteiger partial charge in [0.25, 0.3) is 0 Å². The van der Waals surface area contributed by atoms with Crippen LogP contribution in [0, 0.1) is 6.92 Å². The number of hydrogen-bond donors (Lipinski definition) is 1. The summed E-state index contributed by atoms with van der Waals surface area (Å²) < 4.78 is 0. The average Bonchev–Trinajstić information content (AvgIpc) is 2.36. The summed E-state index contributed by atoms with van der Waals surface area (Å²) in [6, 6.07) is 6.26. The maximum Gasteiger partial charge on any atom is 0.222 e. The molecule has 0 amide bonds. The fourth-order valence-electron chi connectivity index (χ4n) is 2.11. The van der Waals surface area contributed by atoms with Crippen LogP contribution in [0.4, 0.5) is 11.8 Å². The van der Waals surface area contributed by atoms with Gasteiger partial charge in [-0.1, -0.05) is 6.07 Å². The molecule has 1 saturated heterocycles. The highest BCUT2D eigenvalue weighted by molar-refractivity contribution is 5.50. The van der Waals surface area contributed by atoms with Crippen molar-refractivity contribution in [3.8, 4) is 0 Å². The van der Waals surface area contributed by atoms with E-state index in [1.807, 2.05) is 18.3 Å². The van der Waals surface area contributed by atoms with E-state index >= 15 is 0 Å². The third kappa shape index (κ3) is 2.11. The van der Waals surface area contributed by atoms with Crippen LogP contribution in [0.3, 0.4) is 0 Å². The molecular weight excluding hydrogens is 226 g/mol. The molecular formula is C13H15N5. The SMILES string of the molecule is Cc1cccnc1N1CC(Nc2ncccn2)C1. The number of hydrogen-bond acceptors (Lipinski definition) is 5. The lowest BCUT2D eigenvalue weighted by atomic mass is 10.1. The number of pyridine rings is 1. The molecule has 18 heavy (non-hydrogen) atoms. The molecule has 2 aromatic rings. The summed E-state index contributed by atoms with van der Waals surface area (Å²) in [6.45, 7) is 3.97. The van der Waals surface area contributed by atoms with E-state index in [0.717, 1.165) is 18.9 Å². The minimum Gasteiger partial charge on any atom is -0.352 e. The predicted octanol–water partition coefficient (Wildman–Crippen LogP) is 1.48. The zero-order chi connectivity index (χ0) is 12.4. The van der Waals surface area contributed by atoms with Crippen molar-refractivity contribution in [1.29, 1.82) is 0 Å². The Labute approximate surface area is 106 Å². The molecule has 1 aliphatic heterocycles. The molecule has 0 radical (unpaired) electrons. The fraction of sp³-hybridized carbons (Fsp3) is 0.308. The molecule has 3 rings (SSSR count). The summed E-state index contributed by atoms with van der Waals surface area (Å²) in [4.78, 5) is 15.0. The highest BCUT2D eigenvalue weighted by Crippen LogP contribution is 2.22. The fourth-order valence-corrected chi connectivity index (χ4v) is 2.11. The van der Waals surface area contributed by atoms with Crippen molar-refractivity contribution in [1.82, 2.24) is 15.0 Å². The first-order valence-corrected chi connectivity index (χ1v) is 6.03. The summed E-state index contributed by atoms with van der Waals surface area (Å²) >= 11 is 0. The molecule has 0 aromatic carbocycles. The summed E-state index contributed by atoms with van der Waals surface area (Å²) in [5.41, 5.74) is 1.21. The minimum absolute atomic E-state index is 0.397. The lowest BCUT2D eigenvalue weighted by Gasteiger charge is -2.41. The molecule has 5 nitrogen and oxygen atoms in total. The smallest absolute Gasteiger partial charge is 0.222 e. The van der Waals surface area contributed by atoms with Crippen LogP contribution in [0.15, 0.2) is 36.8 Å². The van der Waals surface area contributed by atoms with Gasteiger partial charge in [-0.3, -0.25) is 0 Å². The highest BCUT2D eigenvalue weighted by atomic mass is 15.3. The summed E-state index contributed by atoms with van der Waals surface area (Å²) in [5.74, 6) is 1.77. The van der Waals surface area contributed by atoms with Crippen molar-refractivity contribution >= 4 is 11.8 Å². The molecule has 1 N–H and O–H groups in total. The van der Waals surface area contributed by atoms with E-state index < -0.39 is 0 Å². The number of anilines is 2. The molecule has 2 aromatic heterocycles. The third-order valence-electron chi connectivity index (χ3n) is 3.06. The van der Waals surface area contributed by atoms with E-state index in [2.05, 4.69) is 38.2 Å². The van der Waals surface area contributed by atoms with Gasteiger partial charge in [0.2, 0.25) is 5.95 Å². The molecule has 3 heterocycles. The molecule has 0 saturated carbocycles. The van der Waals surface area contributed by atoms with Gasteiger partial charge in [-0.2, -0.15) is 0 Å². The average molecular weight is 241 g/mol. The van der Waals surface area contributed by atoms with Crippen LogP contribution >= 0.6 is 0 Å². The Hall–Kier alpha value is -2.17. The van der Waals surface area contributed by atoms with Crippen molar-refractivity contribution in [2.45, 2.75) is 13.0 Å². The topological polar surface area (TPSA) is 53.9 Å². The second-order valence-corrected chi connectivity index (χ2v) is 4.46. The first kappa shape index (κ1) is 11.0. The Morgan fingerprint density at radius 2 is 1.83 bits per heavy atom. The maximum atomic E-state index is 4.41. The van der Waals surface area contributed by atoms with Crippen molar-refractivity contribution < 1.29 is 0 Å². The number of nitrogens with one attached hydrogen (secondary N) is 1. The quantitative estimate of drug-likeness (QED) is 0.882. The third-order valence-corrected chi connectivity index (χ3v) is 3.06. The van der Waals surface area contributed by atoms with Gasteiger partial charge in [0.1, 0.15) is 5.82 Å². The van der Waals surface area contributed by atoms with E-state index in [1.54, 1.807) is 12.4 Å². The van der Waals surface area contributed by atoms with Crippen LogP contribution in [-0.2, 0) is 0 Å². The van der Waals surface area contributed by atoms with Crippen LogP contribution in [0.2, 0.25) is 0 Å². The van der Waals surface area contributed by atoms with Crippen molar-refractivity contribution in [3.05, 3.63) is 42.4 Å². The largest absolute Gasteiger partial charge is 0.352 e. The molecule has 1 aliphatic rings. The number of nitrogens with zero attached hydrogens (tertiary/aromatic N) is 4. The molecule has 0 atom stereocenters. The van der Waals surface area contributed by atoms with Gasteiger partial charge in [-0.25, -0.2) is 15.0 Å². The lowest BCUT2D eigenvalue weighted by Crippen LogP contribution is -2.55. The van der Waals surface area contributed by atoms with Crippen molar-refractivity contribution in [2.75, 3.05) is 23.3 Å². The van der Waals surface area contributed by atoms with Gasteiger partial charge in [0, 0.05) is 31.7 Å². The normalized spacial score (nSPS) is 15.3. The number of aryl methyl sites for hydroxylation is 1. The van der Waals surface area contributed by atoms with E-state index in [4.69, 9.17) is 0 Å². The zero-order valence-corrected chi connectivity index (χ0v) is 10.2. The van der Waals surface area contributed by atoms with Gasteiger partial charge in [0.05, 0.1) is 6.04 Å².